The smallest absolute Gasteiger partial charge is 0.274 e. The zero-order chi connectivity index (χ0) is 19.0. The van der Waals surface area contributed by atoms with E-state index in [9.17, 15) is 12.8 Å². The fraction of sp³-hybridized carbons (Fsp3) is 0.278. The van der Waals surface area contributed by atoms with E-state index >= 15 is 0 Å². The highest BCUT2D eigenvalue weighted by Crippen LogP contribution is 2.33. The lowest BCUT2D eigenvalue weighted by atomic mass is 10.1. The second-order valence-electron chi connectivity index (χ2n) is 6.25. The molecule has 1 aliphatic rings. The van der Waals surface area contributed by atoms with Gasteiger partial charge in [-0.2, -0.15) is 4.31 Å². The Bertz CT molecular complexity index is 1080. The zero-order valence-corrected chi connectivity index (χ0v) is 16.5. The molecular formula is C18H16ClFN2O3S2. The van der Waals surface area contributed by atoms with Crippen molar-refractivity contribution in [1.82, 2.24) is 9.29 Å². The van der Waals surface area contributed by atoms with Crippen molar-refractivity contribution in [2.24, 2.45) is 0 Å². The number of para-hydroxylation sites is 1. The molecule has 9 heteroatoms. The summed E-state index contributed by atoms with van der Waals surface area (Å²) in [7, 11) is -3.70. The van der Waals surface area contributed by atoms with Crippen LogP contribution in [0.2, 0.25) is 5.02 Å². The second kappa shape index (κ2) is 7.35. The quantitative estimate of drug-likeness (QED) is 0.623. The predicted octanol–water partition coefficient (Wildman–Crippen LogP) is 4.32. The number of hydrogen-bond acceptors (Lipinski definition) is 5. The number of benzene rings is 2. The van der Waals surface area contributed by atoms with Crippen LogP contribution in [-0.4, -0.2) is 36.9 Å². The van der Waals surface area contributed by atoms with Crippen molar-refractivity contribution in [3.05, 3.63) is 53.3 Å². The monoisotopic (exact) mass is 426 g/mol. The standard InChI is InChI=1S/C18H16ClFN2O3S2/c19-15-5-2-6-16-17(15)21-18(26-16)25-13-7-9-22(10-8-13)27(23,24)14-4-1-3-12(20)11-14/h1-6,11,13H,7-10H2. The number of sulfonamides is 1. The van der Waals surface area contributed by atoms with Crippen LogP contribution in [0.4, 0.5) is 4.39 Å². The van der Waals surface area contributed by atoms with Gasteiger partial charge in [0.2, 0.25) is 10.0 Å². The molecule has 0 radical (unpaired) electrons. The highest BCUT2D eigenvalue weighted by molar-refractivity contribution is 7.89. The molecule has 4 rings (SSSR count). The second-order valence-corrected chi connectivity index (χ2v) is 9.58. The van der Waals surface area contributed by atoms with Gasteiger partial charge in [-0.15, -0.1) is 0 Å². The summed E-state index contributed by atoms with van der Waals surface area (Å²) in [5.41, 5.74) is 0.713. The Hall–Kier alpha value is -1.74. The van der Waals surface area contributed by atoms with Crippen LogP contribution in [0.25, 0.3) is 10.2 Å². The first kappa shape index (κ1) is 18.6. The van der Waals surface area contributed by atoms with Gasteiger partial charge in [0.25, 0.3) is 5.19 Å². The molecule has 27 heavy (non-hydrogen) atoms. The van der Waals surface area contributed by atoms with E-state index in [1.165, 1.54) is 33.8 Å². The molecule has 0 atom stereocenters. The number of ether oxygens (including phenoxy) is 1. The van der Waals surface area contributed by atoms with E-state index in [0.717, 1.165) is 10.8 Å². The molecule has 2 heterocycles. The number of halogens is 2. The molecule has 1 aromatic heterocycles. The largest absolute Gasteiger partial charge is 0.467 e. The Morgan fingerprint density at radius 2 is 1.93 bits per heavy atom. The van der Waals surface area contributed by atoms with Crippen molar-refractivity contribution in [3.63, 3.8) is 0 Å². The highest BCUT2D eigenvalue weighted by Gasteiger charge is 2.30. The normalized spacial score (nSPS) is 16.7. The summed E-state index contributed by atoms with van der Waals surface area (Å²) >= 11 is 7.56. The molecule has 142 valence electrons. The highest BCUT2D eigenvalue weighted by atomic mass is 35.5. The first-order chi connectivity index (χ1) is 12.9. The Balaban J connectivity index is 1.43. The average Bonchev–Trinajstić information content (AvgIpc) is 3.06. The number of piperidine rings is 1. The van der Waals surface area contributed by atoms with Gasteiger partial charge in [0.1, 0.15) is 17.4 Å². The van der Waals surface area contributed by atoms with Crippen LogP contribution >= 0.6 is 22.9 Å². The maximum atomic E-state index is 13.4. The van der Waals surface area contributed by atoms with E-state index < -0.39 is 15.8 Å². The van der Waals surface area contributed by atoms with Gasteiger partial charge in [0.15, 0.2) is 0 Å². The summed E-state index contributed by atoms with van der Waals surface area (Å²) in [5.74, 6) is -0.566. The molecule has 0 unspecified atom stereocenters. The minimum atomic E-state index is -3.70. The Morgan fingerprint density at radius 1 is 1.19 bits per heavy atom. The summed E-state index contributed by atoms with van der Waals surface area (Å²) in [6.45, 7) is 0.629. The van der Waals surface area contributed by atoms with E-state index in [4.69, 9.17) is 16.3 Å². The van der Waals surface area contributed by atoms with Crippen LogP contribution in [0, 0.1) is 5.82 Å². The van der Waals surface area contributed by atoms with Crippen LogP contribution in [0.1, 0.15) is 12.8 Å². The summed E-state index contributed by atoms with van der Waals surface area (Å²) < 4.78 is 46.9. The lowest BCUT2D eigenvalue weighted by molar-refractivity contribution is 0.135. The lowest BCUT2D eigenvalue weighted by Gasteiger charge is -2.30. The van der Waals surface area contributed by atoms with Gasteiger partial charge in [-0.3, -0.25) is 0 Å². The molecule has 1 fully saturated rings. The van der Waals surface area contributed by atoms with Crippen molar-refractivity contribution in [1.29, 1.82) is 0 Å². The first-order valence-corrected chi connectivity index (χ1v) is 11.0. The number of aromatic nitrogens is 1. The molecule has 0 saturated carbocycles. The molecule has 5 nitrogen and oxygen atoms in total. The molecule has 0 N–H and O–H groups in total. The van der Waals surface area contributed by atoms with Gasteiger partial charge in [0.05, 0.1) is 14.6 Å². The molecule has 2 aromatic carbocycles. The third-order valence-corrected chi connectivity index (χ3v) is 7.56. The van der Waals surface area contributed by atoms with Crippen molar-refractivity contribution < 1.29 is 17.5 Å². The van der Waals surface area contributed by atoms with Crippen molar-refractivity contribution in [2.75, 3.05) is 13.1 Å². The Morgan fingerprint density at radius 3 is 2.63 bits per heavy atom. The van der Waals surface area contributed by atoms with Gasteiger partial charge in [-0.25, -0.2) is 17.8 Å². The van der Waals surface area contributed by atoms with Gasteiger partial charge < -0.3 is 4.74 Å². The fourth-order valence-corrected chi connectivity index (χ4v) is 5.74. The maximum Gasteiger partial charge on any atom is 0.274 e. The van der Waals surface area contributed by atoms with Crippen LogP contribution in [0.5, 0.6) is 5.19 Å². The maximum absolute atomic E-state index is 13.4. The van der Waals surface area contributed by atoms with E-state index in [-0.39, 0.29) is 11.0 Å². The number of rotatable bonds is 4. The Labute approximate surface area is 165 Å². The van der Waals surface area contributed by atoms with E-state index in [1.54, 1.807) is 6.07 Å². The SMILES string of the molecule is O=S(=O)(c1cccc(F)c1)N1CCC(Oc2nc3c(Cl)cccc3s2)CC1. The number of hydrogen-bond donors (Lipinski definition) is 0. The number of fused-ring (bicyclic) bond motifs is 1. The van der Waals surface area contributed by atoms with Crippen LogP contribution < -0.4 is 4.74 Å². The van der Waals surface area contributed by atoms with Gasteiger partial charge in [0, 0.05) is 13.1 Å². The van der Waals surface area contributed by atoms with E-state index in [0.29, 0.717) is 41.7 Å². The van der Waals surface area contributed by atoms with E-state index in [2.05, 4.69) is 4.98 Å². The minimum Gasteiger partial charge on any atom is -0.467 e. The number of nitrogens with zero attached hydrogens (tertiary/aromatic N) is 2. The lowest BCUT2D eigenvalue weighted by Crippen LogP contribution is -2.41. The van der Waals surface area contributed by atoms with Crippen molar-refractivity contribution in [3.8, 4) is 5.19 Å². The summed E-state index contributed by atoms with van der Waals surface area (Å²) in [4.78, 5) is 4.40. The minimum absolute atomic E-state index is 0.0253. The van der Waals surface area contributed by atoms with Crippen molar-refractivity contribution >= 4 is 43.2 Å². The predicted molar refractivity (Wildman–Crippen MR) is 103 cm³/mol. The molecule has 0 aliphatic carbocycles. The third-order valence-electron chi connectivity index (χ3n) is 4.45. The summed E-state index contributed by atoms with van der Waals surface area (Å²) in [6, 6.07) is 10.7. The van der Waals surface area contributed by atoms with Gasteiger partial charge in [-0.05, 0) is 43.2 Å². The molecule has 1 saturated heterocycles. The summed E-state index contributed by atoms with van der Waals surface area (Å²) in [6.07, 6.45) is 0.958. The topological polar surface area (TPSA) is 59.5 Å². The van der Waals surface area contributed by atoms with Crippen molar-refractivity contribution in [2.45, 2.75) is 23.8 Å². The first-order valence-electron chi connectivity index (χ1n) is 8.41. The van der Waals surface area contributed by atoms with Crippen LogP contribution in [0.15, 0.2) is 47.4 Å². The summed E-state index contributed by atoms with van der Waals surface area (Å²) in [5, 5.41) is 1.11. The fourth-order valence-electron chi connectivity index (χ4n) is 3.05. The van der Waals surface area contributed by atoms with Gasteiger partial charge >= 0.3 is 0 Å². The molecule has 3 aromatic rings. The average molecular weight is 427 g/mol. The Kier molecular flexibility index (Phi) is 5.07. The molecule has 0 amide bonds. The molecular weight excluding hydrogens is 411 g/mol. The van der Waals surface area contributed by atoms with Crippen LogP contribution in [0.3, 0.4) is 0 Å². The van der Waals surface area contributed by atoms with Gasteiger partial charge in [-0.1, -0.05) is 35.1 Å². The zero-order valence-electron chi connectivity index (χ0n) is 14.1. The number of thiazole rings is 1. The van der Waals surface area contributed by atoms with E-state index in [1.807, 2.05) is 12.1 Å². The molecule has 1 aliphatic heterocycles. The molecule has 0 spiro atoms. The van der Waals surface area contributed by atoms with Crippen LogP contribution in [-0.2, 0) is 10.0 Å². The third kappa shape index (κ3) is 3.80. The molecule has 0 bridgehead atoms.